The second-order valence-electron chi connectivity index (χ2n) is 5.32. The van der Waals surface area contributed by atoms with E-state index in [0.29, 0.717) is 0 Å². The fourth-order valence-electron chi connectivity index (χ4n) is 1.42. The molecule has 0 saturated carbocycles. The van der Waals surface area contributed by atoms with E-state index in [9.17, 15) is 4.79 Å². The maximum atomic E-state index is 11.8. The molecule has 1 rings (SSSR count). The standard InChI is InChI=1S/C14H21NO2/c1-10-7-6-8-12(9-10)17-11(2)13(16)15-14(3,4)5/h6-9,11H,1-5H3,(H,15,16)/t11-/m0/s1. The van der Waals surface area contributed by atoms with E-state index < -0.39 is 6.10 Å². The molecule has 0 aliphatic heterocycles. The first kappa shape index (κ1) is 13.6. The van der Waals surface area contributed by atoms with Crippen LogP contribution in [0.5, 0.6) is 5.75 Å². The van der Waals surface area contributed by atoms with Crippen LogP contribution in [-0.4, -0.2) is 17.6 Å². The molecule has 1 aromatic rings. The minimum atomic E-state index is -0.490. The normalized spacial score (nSPS) is 13.0. The highest BCUT2D eigenvalue weighted by molar-refractivity contribution is 5.81. The van der Waals surface area contributed by atoms with E-state index in [0.717, 1.165) is 11.3 Å². The first-order valence-corrected chi connectivity index (χ1v) is 5.83. The lowest BCUT2D eigenvalue weighted by Gasteiger charge is -2.23. The van der Waals surface area contributed by atoms with Gasteiger partial charge in [0, 0.05) is 5.54 Å². The zero-order chi connectivity index (χ0) is 13.1. The van der Waals surface area contributed by atoms with Crippen molar-refractivity contribution in [1.29, 1.82) is 0 Å². The molecule has 3 nitrogen and oxygen atoms in total. The Kier molecular flexibility index (Phi) is 4.16. The van der Waals surface area contributed by atoms with E-state index in [-0.39, 0.29) is 11.4 Å². The Morgan fingerprint density at radius 1 is 1.35 bits per heavy atom. The molecule has 0 aliphatic rings. The van der Waals surface area contributed by atoms with Gasteiger partial charge >= 0.3 is 0 Å². The molecule has 1 atom stereocenters. The minimum absolute atomic E-state index is 0.0981. The van der Waals surface area contributed by atoms with Gasteiger partial charge in [-0.05, 0) is 52.3 Å². The zero-order valence-corrected chi connectivity index (χ0v) is 11.2. The van der Waals surface area contributed by atoms with Gasteiger partial charge in [-0.15, -0.1) is 0 Å². The van der Waals surface area contributed by atoms with Crippen LogP contribution in [0, 0.1) is 6.92 Å². The number of hydrogen-bond donors (Lipinski definition) is 1. The fourth-order valence-corrected chi connectivity index (χ4v) is 1.42. The summed E-state index contributed by atoms with van der Waals surface area (Å²) in [6.45, 7) is 9.59. The molecule has 0 heterocycles. The summed E-state index contributed by atoms with van der Waals surface area (Å²) >= 11 is 0. The van der Waals surface area contributed by atoms with Gasteiger partial charge in [-0.2, -0.15) is 0 Å². The summed E-state index contributed by atoms with van der Waals surface area (Å²) < 4.78 is 5.59. The van der Waals surface area contributed by atoms with Crippen molar-refractivity contribution in [2.45, 2.75) is 46.3 Å². The number of rotatable bonds is 3. The van der Waals surface area contributed by atoms with Crippen LogP contribution in [0.1, 0.15) is 33.3 Å². The number of carbonyl (C=O) groups is 1. The molecule has 17 heavy (non-hydrogen) atoms. The minimum Gasteiger partial charge on any atom is -0.481 e. The molecular formula is C14H21NO2. The number of carbonyl (C=O) groups excluding carboxylic acids is 1. The largest absolute Gasteiger partial charge is 0.481 e. The zero-order valence-electron chi connectivity index (χ0n) is 11.2. The van der Waals surface area contributed by atoms with Crippen molar-refractivity contribution in [2.24, 2.45) is 0 Å². The lowest BCUT2D eigenvalue weighted by atomic mass is 10.1. The van der Waals surface area contributed by atoms with Crippen LogP contribution in [0.4, 0.5) is 0 Å². The van der Waals surface area contributed by atoms with Gasteiger partial charge in [0.15, 0.2) is 6.10 Å². The molecule has 3 heteroatoms. The van der Waals surface area contributed by atoms with Crippen LogP contribution in [0.25, 0.3) is 0 Å². The van der Waals surface area contributed by atoms with Crippen LogP contribution >= 0.6 is 0 Å². The summed E-state index contributed by atoms with van der Waals surface area (Å²) in [4.78, 5) is 11.8. The average molecular weight is 235 g/mol. The van der Waals surface area contributed by atoms with E-state index in [1.165, 1.54) is 0 Å². The summed E-state index contributed by atoms with van der Waals surface area (Å²) in [6, 6.07) is 7.68. The van der Waals surface area contributed by atoms with Crippen LogP contribution in [0.15, 0.2) is 24.3 Å². The second-order valence-corrected chi connectivity index (χ2v) is 5.32. The van der Waals surface area contributed by atoms with Gasteiger partial charge in [0.2, 0.25) is 0 Å². The highest BCUT2D eigenvalue weighted by atomic mass is 16.5. The molecule has 0 aliphatic carbocycles. The topological polar surface area (TPSA) is 38.3 Å². The Hall–Kier alpha value is -1.51. The van der Waals surface area contributed by atoms with Crippen molar-refractivity contribution in [3.8, 4) is 5.75 Å². The van der Waals surface area contributed by atoms with E-state index in [4.69, 9.17) is 4.74 Å². The van der Waals surface area contributed by atoms with Gasteiger partial charge in [-0.3, -0.25) is 4.79 Å². The number of nitrogens with one attached hydrogen (secondary N) is 1. The van der Waals surface area contributed by atoms with E-state index in [1.807, 2.05) is 52.0 Å². The Labute approximate surface area is 103 Å². The van der Waals surface area contributed by atoms with Crippen molar-refractivity contribution in [1.82, 2.24) is 5.32 Å². The van der Waals surface area contributed by atoms with Crippen molar-refractivity contribution in [2.75, 3.05) is 0 Å². The van der Waals surface area contributed by atoms with Crippen LogP contribution in [0.3, 0.4) is 0 Å². The van der Waals surface area contributed by atoms with E-state index in [1.54, 1.807) is 6.92 Å². The first-order valence-electron chi connectivity index (χ1n) is 5.83. The van der Waals surface area contributed by atoms with Gasteiger partial charge in [0.25, 0.3) is 5.91 Å². The lowest BCUT2D eigenvalue weighted by Crippen LogP contribution is -2.46. The van der Waals surface area contributed by atoms with Gasteiger partial charge in [0.05, 0.1) is 0 Å². The Balaban J connectivity index is 2.60. The molecule has 0 spiro atoms. The van der Waals surface area contributed by atoms with Gasteiger partial charge in [-0.25, -0.2) is 0 Å². The highest BCUT2D eigenvalue weighted by Gasteiger charge is 2.20. The molecule has 1 N–H and O–H groups in total. The summed E-state index contributed by atoms with van der Waals surface area (Å²) in [5.41, 5.74) is 0.882. The molecule has 0 radical (unpaired) electrons. The molecule has 0 bridgehead atoms. The fraction of sp³-hybridized carbons (Fsp3) is 0.500. The molecule has 0 fully saturated rings. The monoisotopic (exact) mass is 235 g/mol. The summed E-state index contributed by atoms with van der Waals surface area (Å²) in [7, 11) is 0. The van der Waals surface area contributed by atoms with Crippen LogP contribution in [0.2, 0.25) is 0 Å². The number of benzene rings is 1. The third kappa shape index (κ3) is 4.89. The molecule has 0 aromatic heterocycles. The van der Waals surface area contributed by atoms with Gasteiger partial charge in [-0.1, -0.05) is 12.1 Å². The number of hydrogen-bond acceptors (Lipinski definition) is 2. The maximum Gasteiger partial charge on any atom is 0.261 e. The average Bonchev–Trinajstić information content (AvgIpc) is 2.14. The van der Waals surface area contributed by atoms with Gasteiger partial charge in [0.1, 0.15) is 5.75 Å². The highest BCUT2D eigenvalue weighted by Crippen LogP contribution is 2.14. The van der Waals surface area contributed by atoms with Gasteiger partial charge < -0.3 is 10.1 Å². The maximum absolute atomic E-state index is 11.8. The molecular weight excluding hydrogens is 214 g/mol. The predicted octanol–water partition coefficient (Wildman–Crippen LogP) is 2.68. The number of aryl methyl sites for hydroxylation is 1. The number of ether oxygens (including phenoxy) is 1. The molecule has 1 amide bonds. The third-order valence-corrected chi connectivity index (χ3v) is 2.17. The Morgan fingerprint density at radius 2 is 2.00 bits per heavy atom. The van der Waals surface area contributed by atoms with E-state index >= 15 is 0 Å². The Bertz CT molecular complexity index is 393. The van der Waals surface area contributed by atoms with E-state index in [2.05, 4.69) is 5.32 Å². The molecule has 1 aromatic carbocycles. The first-order chi connectivity index (χ1) is 7.78. The summed E-state index contributed by atoms with van der Waals surface area (Å²) in [5, 5.41) is 2.89. The van der Waals surface area contributed by atoms with Crippen molar-refractivity contribution in [3.05, 3.63) is 29.8 Å². The predicted molar refractivity (Wildman–Crippen MR) is 69.2 cm³/mol. The smallest absolute Gasteiger partial charge is 0.261 e. The summed E-state index contributed by atoms with van der Waals surface area (Å²) in [5.74, 6) is 0.626. The van der Waals surface area contributed by atoms with Crippen LogP contribution in [-0.2, 0) is 4.79 Å². The summed E-state index contributed by atoms with van der Waals surface area (Å²) in [6.07, 6.45) is -0.490. The molecule has 94 valence electrons. The van der Waals surface area contributed by atoms with Crippen molar-refractivity contribution < 1.29 is 9.53 Å². The SMILES string of the molecule is Cc1cccc(O[C@@H](C)C(=O)NC(C)(C)C)c1. The lowest BCUT2D eigenvalue weighted by molar-refractivity contribution is -0.128. The number of amides is 1. The quantitative estimate of drug-likeness (QED) is 0.874. The molecule has 0 saturated heterocycles. The Morgan fingerprint density at radius 3 is 2.53 bits per heavy atom. The second kappa shape index (κ2) is 5.21. The van der Waals surface area contributed by atoms with Crippen molar-refractivity contribution in [3.63, 3.8) is 0 Å². The third-order valence-electron chi connectivity index (χ3n) is 2.17. The molecule has 0 unspecified atom stereocenters. The van der Waals surface area contributed by atoms with Crippen LogP contribution < -0.4 is 10.1 Å². The van der Waals surface area contributed by atoms with Crippen molar-refractivity contribution >= 4 is 5.91 Å².